The summed E-state index contributed by atoms with van der Waals surface area (Å²) in [6.45, 7) is 2.58. The van der Waals surface area contributed by atoms with Gasteiger partial charge in [-0.1, -0.05) is 0 Å². The molecule has 0 bridgehead atoms. The van der Waals surface area contributed by atoms with Crippen molar-refractivity contribution in [1.29, 1.82) is 0 Å². The van der Waals surface area contributed by atoms with E-state index in [1.165, 1.54) is 0 Å². The highest BCUT2D eigenvalue weighted by Crippen LogP contribution is 2.13. The van der Waals surface area contributed by atoms with E-state index in [0.717, 1.165) is 5.75 Å². The lowest BCUT2D eigenvalue weighted by Crippen LogP contribution is -2.31. The number of hydrogen-bond acceptors (Lipinski definition) is 5. The van der Waals surface area contributed by atoms with Crippen LogP contribution >= 0.6 is 0 Å². The lowest BCUT2D eigenvalue weighted by atomic mass is 10.4. The number of nitrogens with two attached hydrogens (primary N) is 1. The average molecular weight is 257 g/mol. The summed E-state index contributed by atoms with van der Waals surface area (Å²) < 4.78 is 7.22. The van der Waals surface area contributed by atoms with Gasteiger partial charge in [-0.15, -0.1) is 0 Å². The number of aromatic amines is 1. The van der Waals surface area contributed by atoms with Gasteiger partial charge in [0.15, 0.2) is 5.65 Å². The van der Waals surface area contributed by atoms with Crippen LogP contribution in [0.2, 0.25) is 0 Å². The summed E-state index contributed by atoms with van der Waals surface area (Å²) >= 11 is 0. The molecule has 0 saturated heterocycles. The number of nitrogens with zero attached hydrogens (tertiary/aromatic N) is 4. The quantitative estimate of drug-likeness (QED) is 0.670. The van der Waals surface area contributed by atoms with E-state index in [-0.39, 0.29) is 5.95 Å². The zero-order chi connectivity index (χ0) is 13.2. The smallest absolute Gasteiger partial charge is 0.361 e. The number of ether oxygens (including phenoxy) is 1. The molecular formula is C12H13N6O+. The molecule has 0 saturated carbocycles. The Morgan fingerprint density at radius 2 is 2.11 bits per heavy atom. The number of fused-ring (bicyclic) bond motifs is 1. The molecule has 0 fully saturated rings. The summed E-state index contributed by atoms with van der Waals surface area (Å²) in [6, 6.07) is 3.72. The Hall–Kier alpha value is -2.70. The van der Waals surface area contributed by atoms with Crippen molar-refractivity contribution < 1.29 is 9.30 Å². The van der Waals surface area contributed by atoms with E-state index in [1.807, 2.05) is 36.0 Å². The molecule has 7 nitrogen and oxygen atoms in total. The van der Waals surface area contributed by atoms with Gasteiger partial charge in [0, 0.05) is 17.1 Å². The van der Waals surface area contributed by atoms with Gasteiger partial charge in [0.2, 0.25) is 5.52 Å². The molecule has 0 aliphatic carbocycles. The van der Waals surface area contributed by atoms with E-state index < -0.39 is 0 Å². The summed E-state index contributed by atoms with van der Waals surface area (Å²) in [7, 11) is 0. The Balaban J connectivity index is 2.10. The molecule has 19 heavy (non-hydrogen) atoms. The summed E-state index contributed by atoms with van der Waals surface area (Å²) in [5.41, 5.74) is 6.98. The summed E-state index contributed by atoms with van der Waals surface area (Å²) in [6.07, 6.45) is 5.26. The Labute approximate surface area is 109 Å². The lowest BCUT2D eigenvalue weighted by Gasteiger charge is -2.02. The zero-order valence-electron chi connectivity index (χ0n) is 10.4. The van der Waals surface area contributed by atoms with Crippen molar-refractivity contribution in [3.63, 3.8) is 0 Å². The Morgan fingerprint density at radius 1 is 1.32 bits per heavy atom. The molecule has 3 aromatic heterocycles. The van der Waals surface area contributed by atoms with Crippen LogP contribution in [0.5, 0.6) is 5.75 Å². The molecule has 3 N–H and O–H groups in total. The SMILES string of the molecule is CCOc1cc[n+](-c2nc(N)nc3[nH]cnc23)cc1. The number of nitrogens with one attached hydrogen (secondary N) is 1. The van der Waals surface area contributed by atoms with Crippen LogP contribution in [0.15, 0.2) is 30.9 Å². The number of imidazole rings is 1. The molecule has 0 spiro atoms. The van der Waals surface area contributed by atoms with Gasteiger partial charge in [0.25, 0.3) is 0 Å². The molecule has 96 valence electrons. The van der Waals surface area contributed by atoms with Gasteiger partial charge >= 0.3 is 11.8 Å². The molecule has 0 radical (unpaired) electrons. The minimum absolute atomic E-state index is 0.202. The highest BCUT2D eigenvalue weighted by atomic mass is 16.5. The number of hydrogen-bond donors (Lipinski definition) is 2. The van der Waals surface area contributed by atoms with Crippen molar-refractivity contribution >= 4 is 17.1 Å². The van der Waals surface area contributed by atoms with E-state index in [1.54, 1.807) is 6.33 Å². The van der Waals surface area contributed by atoms with Crippen LogP contribution in [0.25, 0.3) is 17.0 Å². The van der Waals surface area contributed by atoms with Crippen LogP contribution in [0.3, 0.4) is 0 Å². The van der Waals surface area contributed by atoms with Gasteiger partial charge in [0.1, 0.15) is 5.75 Å². The number of rotatable bonds is 3. The Kier molecular flexibility index (Phi) is 2.71. The fourth-order valence-electron chi connectivity index (χ4n) is 1.83. The largest absolute Gasteiger partial charge is 0.494 e. The van der Waals surface area contributed by atoms with Gasteiger partial charge in [0.05, 0.1) is 25.3 Å². The van der Waals surface area contributed by atoms with Gasteiger partial charge in [-0.2, -0.15) is 4.98 Å². The maximum absolute atomic E-state index is 5.69. The number of anilines is 1. The van der Waals surface area contributed by atoms with Gasteiger partial charge < -0.3 is 15.5 Å². The third-order valence-corrected chi connectivity index (χ3v) is 2.63. The predicted molar refractivity (Wildman–Crippen MR) is 68.8 cm³/mol. The molecule has 7 heteroatoms. The zero-order valence-corrected chi connectivity index (χ0v) is 10.4. The minimum Gasteiger partial charge on any atom is -0.494 e. The van der Waals surface area contributed by atoms with Crippen molar-refractivity contribution in [2.24, 2.45) is 0 Å². The minimum atomic E-state index is 0.202. The standard InChI is InChI=1S/C12H13N6O/c1-2-19-8-3-5-18(6-4-8)11-9-10(15-7-14-9)16-12(13)17-11/h3-7H,2H2,1H3,(H3,13,14,15,16,17)/q+1. The van der Waals surface area contributed by atoms with E-state index >= 15 is 0 Å². The van der Waals surface area contributed by atoms with Crippen molar-refractivity contribution in [3.05, 3.63) is 30.9 Å². The monoisotopic (exact) mass is 257 g/mol. The highest BCUT2D eigenvalue weighted by Gasteiger charge is 2.18. The normalized spacial score (nSPS) is 10.8. The highest BCUT2D eigenvalue weighted by molar-refractivity contribution is 5.76. The first kappa shape index (κ1) is 11.4. The van der Waals surface area contributed by atoms with Crippen LogP contribution in [0, 0.1) is 0 Å². The van der Waals surface area contributed by atoms with Gasteiger partial charge in [-0.05, 0) is 6.92 Å². The summed E-state index contributed by atoms with van der Waals surface area (Å²) in [4.78, 5) is 15.4. The molecule has 0 atom stereocenters. The second-order valence-electron chi connectivity index (χ2n) is 3.88. The van der Waals surface area contributed by atoms with Crippen molar-refractivity contribution in [2.75, 3.05) is 12.3 Å². The molecule has 0 amide bonds. The molecule has 0 aromatic carbocycles. The summed E-state index contributed by atoms with van der Waals surface area (Å²) in [5.74, 6) is 1.64. The van der Waals surface area contributed by atoms with E-state index in [9.17, 15) is 0 Å². The molecule has 3 aromatic rings. The van der Waals surface area contributed by atoms with E-state index in [4.69, 9.17) is 10.5 Å². The van der Waals surface area contributed by atoms with E-state index in [2.05, 4.69) is 19.9 Å². The third kappa shape index (κ3) is 2.05. The first-order chi connectivity index (χ1) is 9.28. The Bertz CT molecular complexity index is 706. The second kappa shape index (κ2) is 4.52. The van der Waals surface area contributed by atoms with Crippen LogP contribution < -0.4 is 15.0 Å². The number of aromatic nitrogens is 5. The number of H-pyrrole nitrogens is 1. The van der Waals surface area contributed by atoms with Crippen LogP contribution in [0.4, 0.5) is 5.95 Å². The van der Waals surface area contributed by atoms with E-state index in [0.29, 0.717) is 23.6 Å². The average Bonchev–Trinajstić information content (AvgIpc) is 2.87. The fourth-order valence-corrected chi connectivity index (χ4v) is 1.83. The second-order valence-corrected chi connectivity index (χ2v) is 3.88. The van der Waals surface area contributed by atoms with Crippen LogP contribution in [0.1, 0.15) is 6.92 Å². The number of nitrogen functional groups attached to an aromatic ring is 1. The van der Waals surface area contributed by atoms with Gasteiger partial charge in [-0.25, -0.2) is 9.55 Å². The van der Waals surface area contributed by atoms with Crippen molar-refractivity contribution in [2.45, 2.75) is 6.92 Å². The maximum atomic E-state index is 5.69. The molecular weight excluding hydrogens is 244 g/mol. The molecule has 0 aliphatic rings. The first-order valence-corrected chi connectivity index (χ1v) is 5.89. The molecule has 0 unspecified atom stereocenters. The molecule has 3 heterocycles. The van der Waals surface area contributed by atoms with Crippen molar-refractivity contribution in [3.8, 4) is 11.6 Å². The fraction of sp³-hybridized carbons (Fsp3) is 0.167. The third-order valence-electron chi connectivity index (χ3n) is 2.63. The van der Waals surface area contributed by atoms with Crippen LogP contribution in [-0.4, -0.2) is 26.5 Å². The first-order valence-electron chi connectivity index (χ1n) is 5.89. The van der Waals surface area contributed by atoms with Gasteiger partial charge in [-0.3, -0.25) is 0 Å². The van der Waals surface area contributed by atoms with Crippen molar-refractivity contribution in [1.82, 2.24) is 19.9 Å². The molecule has 3 rings (SSSR count). The number of pyridine rings is 1. The topological polar surface area (TPSA) is 93.6 Å². The molecule has 0 aliphatic heterocycles. The van der Waals surface area contributed by atoms with Crippen LogP contribution in [-0.2, 0) is 0 Å². The lowest BCUT2D eigenvalue weighted by molar-refractivity contribution is -0.598. The predicted octanol–water partition coefficient (Wildman–Crippen LogP) is 0.610. The maximum Gasteiger partial charge on any atom is 0.361 e. The summed E-state index contributed by atoms with van der Waals surface area (Å²) in [5, 5.41) is 0. The Morgan fingerprint density at radius 3 is 2.84 bits per heavy atom.